The maximum absolute atomic E-state index is 12.1. The smallest absolute Gasteiger partial charge is 0.332 e. The second-order valence-electron chi connectivity index (χ2n) is 4.28. The van der Waals surface area contributed by atoms with Crippen LogP contribution in [0.4, 0.5) is 0 Å². The number of aryl methyl sites for hydroxylation is 1. The lowest BCUT2D eigenvalue weighted by molar-refractivity contribution is -0.132. The number of aliphatic hydroxyl groups excluding tert-OH is 1. The third-order valence-corrected chi connectivity index (χ3v) is 3.17. The Morgan fingerprint density at radius 3 is 2.78 bits per heavy atom. The van der Waals surface area contributed by atoms with Gasteiger partial charge in [-0.3, -0.25) is 13.9 Å². The number of rotatable bonds is 0. The summed E-state index contributed by atoms with van der Waals surface area (Å²) in [7, 11) is 2.97. The Balaban J connectivity index is 2.49. The third-order valence-electron chi connectivity index (χ3n) is 3.17. The Labute approximate surface area is 101 Å². The van der Waals surface area contributed by atoms with Crippen molar-refractivity contribution in [3.63, 3.8) is 0 Å². The predicted molar refractivity (Wildman–Crippen MR) is 61.0 cm³/mol. The SMILES string of the molecule is Cn1c(=O)c2c(nc3n2CC(O)OC3)n(C)c1=O. The molecule has 2 aromatic heterocycles. The number of aromatic nitrogens is 4. The van der Waals surface area contributed by atoms with E-state index in [-0.39, 0.29) is 13.2 Å². The Hall–Kier alpha value is -1.93. The molecule has 0 saturated heterocycles. The minimum Gasteiger partial charge on any atom is -0.366 e. The van der Waals surface area contributed by atoms with E-state index in [1.807, 2.05) is 0 Å². The molecular formula is C10H12N4O4. The summed E-state index contributed by atoms with van der Waals surface area (Å²) in [6.45, 7) is 0.256. The van der Waals surface area contributed by atoms with Gasteiger partial charge >= 0.3 is 5.69 Å². The second kappa shape index (κ2) is 3.53. The van der Waals surface area contributed by atoms with Gasteiger partial charge in [0.25, 0.3) is 5.56 Å². The molecule has 0 saturated carbocycles. The lowest BCUT2D eigenvalue weighted by Gasteiger charge is -2.19. The fourth-order valence-corrected chi connectivity index (χ4v) is 2.18. The molecule has 3 rings (SSSR count). The summed E-state index contributed by atoms with van der Waals surface area (Å²) >= 11 is 0. The fraction of sp³-hybridized carbons (Fsp3) is 0.500. The zero-order chi connectivity index (χ0) is 13.0. The van der Waals surface area contributed by atoms with Crippen LogP contribution in [0.5, 0.6) is 0 Å². The predicted octanol–water partition coefficient (Wildman–Crippen LogP) is -1.72. The minimum absolute atomic E-state index is 0.118. The molecule has 0 spiro atoms. The molecule has 3 heterocycles. The van der Waals surface area contributed by atoms with Crippen LogP contribution in [0.2, 0.25) is 0 Å². The number of aliphatic hydroxyl groups is 1. The number of fused-ring (bicyclic) bond motifs is 3. The van der Waals surface area contributed by atoms with Crippen LogP contribution in [0.1, 0.15) is 5.82 Å². The first-order valence-electron chi connectivity index (χ1n) is 5.45. The van der Waals surface area contributed by atoms with Crippen LogP contribution in [0.25, 0.3) is 11.2 Å². The Morgan fingerprint density at radius 2 is 2.06 bits per heavy atom. The molecule has 1 aliphatic heterocycles. The monoisotopic (exact) mass is 252 g/mol. The summed E-state index contributed by atoms with van der Waals surface area (Å²) in [4.78, 5) is 28.1. The van der Waals surface area contributed by atoms with Gasteiger partial charge in [-0.2, -0.15) is 0 Å². The molecule has 0 bridgehead atoms. The number of nitrogens with zero attached hydrogens (tertiary/aromatic N) is 4. The van der Waals surface area contributed by atoms with Crippen molar-refractivity contribution in [2.45, 2.75) is 19.4 Å². The molecule has 1 unspecified atom stereocenters. The second-order valence-corrected chi connectivity index (χ2v) is 4.28. The van der Waals surface area contributed by atoms with Gasteiger partial charge < -0.3 is 14.4 Å². The van der Waals surface area contributed by atoms with Crippen molar-refractivity contribution in [1.29, 1.82) is 0 Å². The van der Waals surface area contributed by atoms with E-state index >= 15 is 0 Å². The molecule has 1 atom stereocenters. The van der Waals surface area contributed by atoms with Crippen LogP contribution in [0.15, 0.2) is 9.59 Å². The quantitative estimate of drug-likeness (QED) is 0.602. The zero-order valence-electron chi connectivity index (χ0n) is 9.95. The van der Waals surface area contributed by atoms with E-state index in [2.05, 4.69) is 4.98 Å². The van der Waals surface area contributed by atoms with E-state index in [1.165, 1.54) is 11.6 Å². The zero-order valence-corrected chi connectivity index (χ0v) is 9.95. The van der Waals surface area contributed by atoms with Crippen LogP contribution in [0, 0.1) is 0 Å². The van der Waals surface area contributed by atoms with E-state index in [0.29, 0.717) is 17.0 Å². The van der Waals surface area contributed by atoms with Gasteiger partial charge in [0, 0.05) is 14.1 Å². The molecule has 8 heteroatoms. The number of imidazole rings is 1. The van der Waals surface area contributed by atoms with Crippen LogP contribution in [-0.2, 0) is 32.0 Å². The van der Waals surface area contributed by atoms with Gasteiger partial charge in [-0.05, 0) is 0 Å². The molecule has 18 heavy (non-hydrogen) atoms. The highest BCUT2D eigenvalue weighted by Gasteiger charge is 2.24. The number of ether oxygens (including phenoxy) is 1. The summed E-state index contributed by atoms with van der Waals surface area (Å²) < 4.78 is 8.99. The van der Waals surface area contributed by atoms with Crippen molar-refractivity contribution in [2.75, 3.05) is 0 Å². The highest BCUT2D eigenvalue weighted by molar-refractivity contribution is 5.71. The van der Waals surface area contributed by atoms with Gasteiger partial charge in [0.05, 0.1) is 6.54 Å². The van der Waals surface area contributed by atoms with Crippen LogP contribution in [-0.4, -0.2) is 30.1 Å². The van der Waals surface area contributed by atoms with Crippen molar-refractivity contribution >= 4 is 11.2 Å². The standard InChI is InChI=1S/C10H12N4O4/c1-12-8-7(9(16)13(2)10(12)17)14-3-6(15)18-4-5(14)11-8/h6,15H,3-4H2,1-2H3. The molecule has 0 aliphatic carbocycles. The first kappa shape index (κ1) is 11.2. The lowest BCUT2D eigenvalue weighted by atomic mass is 10.4. The molecule has 8 nitrogen and oxygen atoms in total. The number of hydrogen-bond acceptors (Lipinski definition) is 5. The highest BCUT2D eigenvalue weighted by Crippen LogP contribution is 2.17. The Kier molecular flexibility index (Phi) is 2.19. The summed E-state index contributed by atoms with van der Waals surface area (Å²) in [6, 6.07) is 0. The van der Waals surface area contributed by atoms with Crippen molar-refractivity contribution in [3.05, 3.63) is 26.7 Å². The molecule has 1 N–H and O–H groups in total. The van der Waals surface area contributed by atoms with Gasteiger partial charge in [-0.15, -0.1) is 0 Å². The van der Waals surface area contributed by atoms with E-state index in [4.69, 9.17) is 4.74 Å². The average molecular weight is 252 g/mol. The van der Waals surface area contributed by atoms with E-state index in [0.717, 1.165) is 4.57 Å². The van der Waals surface area contributed by atoms with E-state index in [9.17, 15) is 14.7 Å². The summed E-state index contributed by atoms with van der Waals surface area (Å²) in [5.74, 6) is 0.536. The minimum atomic E-state index is -0.961. The van der Waals surface area contributed by atoms with E-state index < -0.39 is 17.5 Å². The van der Waals surface area contributed by atoms with Gasteiger partial charge in [-0.25, -0.2) is 9.78 Å². The van der Waals surface area contributed by atoms with Crippen LogP contribution >= 0.6 is 0 Å². The van der Waals surface area contributed by atoms with Gasteiger partial charge in [0.1, 0.15) is 12.4 Å². The van der Waals surface area contributed by atoms with Crippen molar-refractivity contribution < 1.29 is 9.84 Å². The van der Waals surface area contributed by atoms with Gasteiger partial charge in [0.15, 0.2) is 17.5 Å². The maximum Gasteiger partial charge on any atom is 0.332 e. The third kappa shape index (κ3) is 1.30. The van der Waals surface area contributed by atoms with Gasteiger partial charge in [-0.1, -0.05) is 0 Å². The molecule has 0 fully saturated rings. The first-order valence-corrected chi connectivity index (χ1v) is 5.45. The summed E-state index contributed by atoms with van der Waals surface area (Å²) in [5.41, 5.74) is -0.210. The maximum atomic E-state index is 12.1. The van der Waals surface area contributed by atoms with Crippen molar-refractivity contribution in [3.8, 4) is 0 Å². The van der Waals surface area contributed by atoms with E-state index in [1.54, 1.807) is 11.6 Å². The molecule has 0 amide bonds. The summed E-state index contributed by atoms with van der Waals surface area (Å²) in [6.07, 6.45) is -0.961. The Bertz CT molecular complexity index is 754. The van der Waals surface area contributed by atoms with Crippen LogP contribution < -0.4 is 11.2 Å². The van der Waals surface area contributed by atoms with Crippen molar-refractivity contribution in [1.82, 2.24) is 18.7 Å². The number of hydrogen-bond donors (Lipinski definition) is 1. The Morgan fingerprint density at radius 1 is 1.33 bits per heavy atom. The molecule has 2 aromatic rings. The normalized spacial score (nSPS) is 19.2. The molecule has 0 radical (unpaired) electrons. The van der Waals surface area contributed by atoms with Crippen molar-refractivity contribution in [2.24, 2.45) is 14.1 Å². The molecule has 96 valence electrons. The molecular weight excluding hydrogens is 240 g/mol. The molecule has 0 aromatic carbocycles. The largest absolute Gasteiger partial charge is 0.366 e. The van der Waals surface area contributed by atoms with Gasteiger partial charge in [0.2, 0.25) is 0 Å². The highest BCUT2D eigenvalue weighted by atomic mass is 16.6. The average Bonchev–Trinajstić information content (AvgIpc) is 2.72. The summed E-state index contributed by atoms with van der Waals surface area (Å²) in [5, 5.41) is 9.47. The topological polar surface area (TPSA) is 91.3 Å². The first-order chi connectivity index (χ1) is 8.50. The molecule has 1 aliphatic rings. The lowest BCUT2D eigenvalue weighted by Crippen LogP contribution is -2.38. The van der Waals surface area contributed by atoms with Crippen LogP contribution in [0.3, 0.4) is 0 Å². The fourth-order valence-electron chi connectivity index (χ4n) is 2.18.